The van der Waals surface area contributed by atoms with E-state index in [1.807, 2.05) is 18.2 Å². The number of hydrogen-bond donors (Lipinski definition) is 4. The molecule has 5 heterocycles. The van der Waals surface area contributed by atoms with E-state index < -0.39 is 36.8 Å². The fourth-order valence-corrected chi connectivity index (χ4v) is 8.74. The van der Waals surface area contributed by atoms with E-state index in [9.17, 15) is 27.7 Å². The van der Waals surface area contributed by atoms with Gasteiger partial charge in [-0.2, -0.15) is 8.78 Å². The number of carbonyl (C=O) groups is 3. The van der Waals surface area contributed by atoms with Gasteiger partial charge in [-0.05, 0) is 79.7 Å². The summed E-state index contributed by atoms with van der Waals surface area (Å²) in [6.07, 6.45) is 10.8. The van der Waals surface area contributed by atoms with Crippen molar-refractivity contribution in [3.63, 3.8) is 0 Å². The van der Waals surface area contributed by atoms with E-state index in [4.69, 9.17) is 9.79 Å². The van der Waals surface area contributed by atoms with Crippen LogP contribution in [-0.4, -0.2) is 74.6 Å². The topological polar surface area (TPSA) is 152 Å². The number of anilines is 1. The van der Waals surface area contributed by atoms with Crippen LogP contribution in [0.3, 0.4) is 0 Å². The highest BCUT2D eigenvalue weighted by Crippen LogP contribution is 2.59. The lowest BCUT2D eigenvalue weighted by molar-refractivity contribution is -0.143. The number of thiophene rings is 1. The SMILES string of the molecule is O=C(NC1C[C@H]2C=C[C@H]2C[C@H]2CC[C@@H](C(=O)N[C@@H]3CCN(c4cccnc4)C3)N2C1=O)c1cc2cc(C(F)(F)P(=O)(O)O)ccc2s1. The zero-order chi connectivity index (χ0) is 33.1. The van der Waals surface area contributed by atoms with E-state index in [1.165, 1.54) is 12.1 Å². The van der Waals surface area contributed by atoms with Gasteiger partial charge in [-0.15, -0.1) is 11.3 Å². The van der Waals surface area contributed by atoms with Crippen LogP contribution in [0.15, 0.2) is 60.9 Å². The van der Waals surface area contributed by atoms with Crippen molar-refractivity contribution in [1.82, 2.24) is 20.5 Å². The molecule has 3 aliphatic heterocycles. The summed E-state index contributed by atoms with van der Waals surface area (Å²) < 4.78 is 40.5. The molecule has 1 aromatic carbocycles. The van der Waals surface area contributed by atoms with E-state index in [0.717, 1.165) is 48.5 Å². The third-order valence-corrected chi connectivity index (χ3v) is 12.0. The molecule has 4 N–H and O–H groups in total. The van der Waals surface area contributed by atoms with Gasteiger partial charge >= 0.3 is 13.3 Å². The second-order valence-electron chi connectivity index (χ2n) is 12.8. The van der Waals surface area contributed by atoms with Gasteiger partial charge < -0.3 is 30.2 Å². The summed E-state index contributed by atoms with van der Waals surface area (Å²) in [5, 5.41) is 6.26. The number of nitrogens with one attached hydrogen (secondary N) is 2. The predicted octanol–water partition coefficient (Wildman–Crippen LogP) is 3.97. The Bertz CT molecular complexity index is 1800. The molecule has 15 heteroatoms. The smallest absolute Gasteiger partial charge is 0.368 e. The maximum Gasteiger partial charge on any atom is 0.399 e. The summed E-state index contributed by atoms with van der Waals surface area (Å²) in [5.74, 6) is -0.730. The minimum absolute atomic E-state index is 0.0730. The summed E-state index contributed by atoms with van der Waals surface area (Å²) in [5.41, 5.74) is -4.24. The van der Waals surface area contributed by atoms with Crippen molar-refractivity contribution in [2.24, 2.45) is 11.8 Å². The molecule has 0 spiro atoms. The van der Waals surface area contributed by atoms with Crippen molar-refractivity contribution < 1.29 is 37.5 Å². The van der Waals surface area contributed by atoms with E-state index in [2.05, 4.69) is 26.6 Å². The monoisotopic (exact) mass is 685 g/mol. The second kappa shape index (κ2) is 12.1. The first-order chi connectivity index (χ1) is 22.4. The highest BCUT2D eigenvalue weighted by molar-refractivity contribution is 7.52. The minimum Gasteiger partial charge on any atom is -0.368 e. The second-order valence-corrected chi connectivity index (χ2v) is 15.5. The molecule has 11 nitrogen and oxygen atoms in total. The molecule has 248 valence electrons. The van der Waals surface area contributed by atoms with Crippen LogP contribution in [-0.2, 0) is 19.8 Å². The van der Waals surface area contributed by atoms with E-state index in [1.54, 1.807) is 17.3 Å². The fourth-order valence-electron chi connectivity index (χ4n) is 7.32. The molecule has 6 atom stereocenters. The van der Waals surface area contributed by atoms with Crippen LogP contribution in [0.2, 0.25) is 0 Å². The highest BCUT2D eigenvalue weighted by Gasteiger charge is 2.51. The zero-order valence-electron chi connectivity index (χ0n) is 25.2. The summed E-state index contributed by atoms with van der Waals surface area (Å²) in [6, 6.07) is 6.65. The number of alkyl halides is 2. The van der Waals surface area contributed by atoms with Gasteiger partial charge in [0.2, 0.25) is 11.8 Å². The van der Waals surface area contributed by atoms with Gasteiger partial charge in [-0.25, -0.2) is 0 Å². The summed E-state index contributed by atoms with van der Waals surface area (Å²) in [4.78, 5) is 67.8. The number of rotatable bonds is 7. The summed E-state index contributed by atoms with van der Waals surface area (Å²) >= 11 is 1.03. The van der Waals surface area contributed by atoms with Gasteiger partial charge in [0.05, 0.1) is 16.8 Å². The quantitative estimate of drug-likeness (QED) is 0.216. The molecule has 1 unspecified atom stereocenters. The number of aromatic nitrogens is 1. The van der Waals surface area contributed by atoms with Gasteiger partial charge in [0.25, 0.3) is 5.91 Å². The number of carbonyl (C=O) groups excluding carboxylic acids is 3. The largest absolute Gasteiger partial charge is 0.399 e. The number of benzene rings is 1. The van der Waals surface area contributed by atoms with Gasteiger partial charge in [0, 0.05) is 41.6 Å². The van der Waals surface area contributed by atoms with E-state index >= 15 is 0 Å². The van der Waals surface area contributed by atoms with Gasteiger partial charge in [0.15, 0.2) is 0 Å². The molecule has 47 heavy (non-hydrogen) atoms. The molecule has 3 saturated heterocycles. The average molecular weight is 686 g/mol. The van der Waals surface area contributed by atoms with Gasteiger partial charge in [0.1, 0.15) is 12.1 Å². The maximum absolute atomic E-state index is 14.3. The lowest BCUT2D eigenvalue weighted by Crippen LogP contribution is -2.58. The van der Waals surface area contributed by atoms with Crippen molar-refractivity contribution in [3.8, 4) is 0 Å². The normalized spacial score (nSPS) is 27.5. The van der Waals surface area contributed by atoms with E-state index in [-0.39, 0.29) is 46.0 Å². The molecule has 7 rings (SSSR count). The maximum atomic E-state index is 14.3. The zero-order valence-corrected chi connectivity index (χ0v) is 26.9. The van der Waals surface area contributed by atoms with Crippen molar-refractivity contribution in [3.05, 3.63) is 71.4 Å². The molecule has 3 amide bonds. The van der Waals surface area contributed by atoms with Crippen LogP contribution in [0.4, 0.5) is 14.5 Å². The van der Waals surface area contributed by atoms with Gasteiger partial charge in [-0.1, -0.05) is 18.2 Å². The molecule has 4 aliphatic rings. The van der Waals surface area contributed by atoms with Crippen LogP contribution >= 0.6 is 18.9 Å². The Kier molecular flexibility index (Phi) is 8.18. The molecule has 3 aromatic rings. The van der Waals surface area contributed by atoms with Gasteiger partial charge in [-0.3, -0.25) is 23.9 Å². The molecule has 0 saturated carbocycles. The number of nitrogens with zero attached hydrogens (tertiary/aromatic N) is 3. The van der Waals surface area contributed by atoms with Crippen LogP contribution in [0.25, 0.3) is 10.1 Å². The first kappa shape index (κ1) is 31.9. The number of pyridine rings is 1. The number of allylic oxidation sites excluding steroid dienone is 2. The number of fused-ring (bicyclic) bond motifs is 3. The molecule has 0 radical (unpaired) electrons. The number of hydrogen-bond acceptors (Lipinski definition) is 7. The Morgan fingerprint density at radius 1 is 1.04 bits per heavy atom. The summed E-state index contributed by atoms with van der Waals surface area (Å²) in [6.45, 7) is 1.42. The van der Waals surface area contributed by atoms with Crippen molar-refractivity contribution >= 4 is 52.4 Å². The van der Waals surface area contributed by atoms with Crippen molar-refractivity contribution in [1.29, 1.82) is 0 Å². The lowest BCUT2D eigenvalue weighted by atomic mass is 9.73. The predicted molar refractivity (Wildman–Crippen MR) is 171 cm³/mol. The fraction of sp³-hybridized carbons (Fsp3) is 0.438. The van der Waals surface area contributed by atoms with Crippen LogP contribution in [0.1, 0.15) is 47.3 Å². The first-order valence-electron chi connectivity index (χ1n) is 15.6. The minimum atomic E-state index is -5.76. The van der Waals surface area contributed by atoms with Crippen LogP contribution < -0.4 is 15.5 Å². The molecule has 0 bridgehead atoms. The Hall–Kier alpha value is -3.71. The molecule has 1 aliphatic carbocycles. The first-order valence-corrected chi connectivity index (χ1v) is 18.1. The molecular formula is C32H34F2N5O6PS. The molecular weight excluding hydrogens is 651 g/mol. The lowest BCUT2D eigenvalue weighted by Gasteiger charge is -2.42. The number of halogens is 2. The molecule has 2 aromatic heterocycles. The highest BCUT2D eigenvalue weighted by atomic mass is 32.1. The Morgan fingerprint density at radius 2 is 1.83 bits per heavy atom. The van der Waals surface area contributed by atoms with Crippen molar-refractivity contribution in [2.75, 3.05) is 18.0 Å². The van der Waals surface area contributed by atoms with E-state index in [0.29, 0.717) is 30.5 Å². The Morgan fingerprint density at radius 3 is 2.55 bits per heavy atom. The Labute approximate surface area is 273 Å². The third-order valence-electron chi connectivity index (χ3n) is 9.87. The standard InChI is InChI=1S/C32H34F2N5O6PS/c33-32(34,46(43,44)45)21-5-8-27-20(12-21)15-28(47-27)30(41)37-25-14-19-4-3-18(19)13-23-6-7-26(39(23)31(25)42)29(40)36-22-9-11-38(17-22)24-2-1-10-35-16-24/h1-5,8,10,12,15-16,18-19,22-23,25-26H,6-7,9,11,13-14,17H2,(H,36,40)(H,37,41)(H2,43,44,45)/t18-,19+,22+,23+,25?,26-/m0/s1. The summed E-state index contributed by atoms with van der Waals surface area (Å²) in [7, 11) is -5.76. The third kappa shape index (κ3) is 5.96. The Balaban J connectivity index is 1.07. The average Bonchev–Trinajstić information content (AvgIpc) is 3.78. The van der Waals surface area contributed by atoms with Crippen LogP contribution in [0.5, 0.6) is 0 Å². The molecule has 3 fully saturated rings. The van der Waals surface area contributed by atoms with Crippen molar-refractivity contribution in [2.45, 2.75) is 61.9 Å². The number of amides is 3. The van der Waals surface area contributed by atoms with Crippen LogP contribution in [0, 0.1) is 11.8 Å².